The Kier molecular flexibility index (Phi) is 8.00. The highest BCUT2D eigenvalue weighted by atomic mass is 32.2. The van der Waals surface area contributed by atoms with Gasteiger partial charge in [-0.25, -0.2) is 17.9 Å². The number of sulfonamides is 1. The normalized spacial score (nSPS) is 12.4. The van der Waals surface area contributed by atoms with E-state index in [-0.39, 0.29) is 23.0 Å². The molecule has 1 atom stereocenters. The van der Waals surface area contributed by atoms with Crippen LogP contribution in [-0.4, -0.2) is 52.9 Å². The van der Waals surface area contributed by atoms with Gasteiger partial charge in [-0.15, -0.1) is 0 Å². The van der Waals surface area contributed by atoms with Crippen LogP contribution < -0.4 is 14.8 Å². The van der Waals surface area contributed by atoms with E-state index in [1.54, 1.807) is 26.4 Å². The molecule has 8 nitrogen and oxygen atoms in total. The molecule has 2 aromatic carbocycles. The SMILES string of the molecule is COC[C@H](C)Nc1ccc(C(=O)O)cc1S(=O)(=O)NCCc1ccc(OC)cc1. The third kappa shape index (κ3) is 6.45. The molecular formula is C20H26N2O6S. The highest BCUT2D eigenvalue weighted by Crippen LogP contribution is 2.24. The fraction of sp³-hybridized carbons (Fsp3) is 0.350. The second kappa shape index (κ2) is 10.2. The zero-order chi connectivity index (χ0) is 21.4. The average Bonchev–Trinajstić information content (AvgIpc) is 2.68. The summed E-state index contributed by atoms with van der Waals surface area (Å²) in [4.78, 5) is 11.2. The second-order valence-corrected chi connectivity index (χ2v) is 8.25. The number of nitrogens with one attached hydrogen (secondary N) is 2. The highest BCUT2D eigenvalue weighted by Gasteiger charge is 2.21. The van der Waals surface area contributed by atoms with Gasteiger partial charge in [0, 0.05) is 19.7 Å². The fourth-order valence-corrected chi connectivity index (χ4v) is 3.98. The maximum absolute atomic E-state index is 12.9. The van der Waals surface area contributed by atoms with Crippen LogP contribution in [0.15, 0.2) is 47.4 Å². The molecule has 29 heavy (non-hydrogen) atoms. The van der Waals surface area contributed by atoms with Gasteiger partial charge in [-0.2, -0.15) is 0 Å². The summed E-state index contributed by atoms with van der Waals surface area (Å²) in [6, 6.07) is 11.1. The molecule has 0 aliphatic heterocycles. The molecular weight excluding hydrogens is 396 g/mol. The Balaban J connectivity index is 2.18. The second-order valence-electron chi connectivity index (χ2n) is 6.51. The van der Waals surface area contributed by atoms with Crippen molar-refractivity contribution >= 4 is 21.7 Å². The number of anilines is 1. The van der Waals surface area contributed by atoms with Gasteiger partial charge < -0.3 is 19.9 Å². The molecule has 0 aromatic heterocycles. The predicted octanol–water partition coefficient (Wildman–Crippen LogP) is 2.36. The molecule has 0 heterocycles. The van der Waals surface area contributed by atoms with Crippen LogP contribution in [0.1, 0.15) is 22.8 Å². The number of benzene rings is 2. The molecule has 158 valence electrons. The Morgan fingerprint density at radius 1 is 1.14 bits per heavy atom. The lowest BCUT2D eigenvalue weighted by Crippen LogP contribution is -2.28. The molecule has 2 aromatic rings. The molecule has 0 saturated carbocycles. The van der Waals surface area contributed by atoms with Gasteiger partial charge >= 0.3 is 5.97 Å². The van der Waals surface area contributed by atoms with E-state index in [0.29, 0.717) is 18.7 Å². The van der Waals surface area contributed by atoms with Crippen molar-refractivity contribution in [1.82, 2.24) is 4.72 Å². The average molecular weight is 423 g/mol. The van der Waals surface area contributed by atoms with Crippen LogP contribution in [0.25, 0.3) is 0 Å². The van der Waals surface area contributed by atoms with Crippen LogP contribution >= 0.6 is 0 Å². The van der Waals surface area contributed by atoms with Gasteiger partial charge in [-0.3, -0.25) is 0 Å². The number of ether oxygens (including phenoxy) is 2. The van der Waals surface area contributed by atoms with Gasteiger partial charge in [0.15, 0.2) is 0 Å². The predicted molar refractivity (Wildman–Crippen MR) is 110 cm³/mol. The minimum atomic E-state index is -3.93. The molecule has 0 radical (unpaired) electrons. The molecule has 0 bridgehead atoms. The van der Waals surface area contributed by atoms with Gasteiger partial charge in [-0.05, 0) is 49.2 Å². The summed E-state index contributed by atoms with van der Waals surface area (Å²) in [5, 5.41) is 12.3. The van der Waals surface area contributed by atoms with Crippen molar-refractivity contribution in [3.8, 4) is 5.75 Å². The fourth-order valence-electron chi connectivity index (χ4n) is 2.75. The molecule has 0 fully saturated rings. The maximum atomic E-state index is 12.9. The number of carbonyl (C=O) groups is 1. The first-order chi connectivity index (χ1) is 13.8. The van der Waals surface area contributed by atoms with Crippen molar-refractivity contribution in [2.45, 2.75) is 24.3 Å². The number of carboxylic acids is 1. The molecule has 3 N–H and O–H groups in total. The minimum absolute atomic E-state index is 0.106. The molecule has 0 saturated heterocycles. The Morgan fingerprint density at radius 3 is 2.41 bits per heavy atom. The maximum Gasteiger partial charge on any atom is 0.335 e. The first-order valence-electron chi connectivity index (χ1n) is 9.02. The summed E-state index contributed by atoms with van der Waals surface area (Å²) >= 11 is 0. The zero-order valence-electron chi connectivity index (χ0n) is 16.6. The van der Waals surface area contributed by atoms with E-state index in [1.165, 1.54) is 12.1 Å². The van der Waals surface area contributed by atoms with Crippen LogP contribution in [0.5, 0.6) is 5.75 Å². The molecule has 0 amide bonds. The number of methoxy groups -OCH3 is 2. The molecule has 0 spiro atoms. The summed E-state index contributed by atoms with van der Waals surface area (Å²) < 4.78 is 38.4. The molecule has 0 unspecified atom stereocenters. The van der Waals surface area contributed by atoms with Crippen LogP contribution in [0.4, 0.5) is 5.69 Å². The largest absolute Gasteiger partial charge is 0.497 e. The van der Waals surface area contributed by atoms with Crippen molar-refractivity contribution in [3.63, 3.8) is 0 Å². The number of hydrogen-bond donors (Lipinski definition) is 3. The third-order valence-corrected chi connectivity index (χ3v) is 5.70. The van der Waals surface area contributed by atoms with Crippen LogP contribution in [0.2, 0.25) is 0 Å². The summed E-state index contributed by atoms with van der Waals surface area (Å²) in [6.45, 7) is 2.37. The lowest BCUT2D eigenvalue weighted by atomic mass is 10.1. The Labute approximate surface area is 170 Å². The van der Waals surface area contributed by atoms with E-state index in [9.17, 15) is 18.3 Å². The Morgan fingerprint density at radius 2 is 1.83 bits per heavy atom. The number of hydrogen-bond acceptors (Lipinski definition) is 6. The number of carboxylic acid groups (broad SMARTS) is 1. The van der Waals surface area contributed by atoms with E-state index >= 15 is 0 Å². The quantitative estimate of drug-likeness (QED) is 0.509. The summed E-state index contributed by atoms with van der Waals surface area (Å²) in [7, 11) is -0.809. The summed E-state index contributed by atoms with van der Waals surface area (Å²) in [6.07, 6.45) is 0.477. The molecule has 0 aliphatic carbocycles. The van der Waals surface area contributed by atoms with Gasteiger partial charge in [-0.1, -0.05) is 12.1 Å². The van der Waals surface area contributed by atoms with E-state index in [1.807, 2.05) is 19.1 Å². The molecule has 9 heteroatoms. The number of rotatable bonds is 11. The third-order valence-electron chi connectivity index (χ3n) is 4.20. The van der Waals surface area contributed by atoms with Crippen LogP contribution in [0, 0.1) is 0 Å². The van der Waals surface area contributed by atoms with Gasteiger partial charge in [0.25, 0.3) is 0 Å². The number of aromatic carboxylic acids is 1. The summed E-state index contributed by atoms with van der Waals surface area (Å²) in [5.41, 5.74) is 1.15. The lowest BCUT2D eigenvalue weighted by Gasteiger charge is -2.18. The molecule has 0 aliphatic rings. The minimum Gasteiger partial charge on any atom is -0.497 e. The van der Waals surface area contributed by atoms with E-state index in [4.69, 9.17) is 9.47 Å². The molecule has 2 rings (SSSR count). The van der Waals surface area contributed by atoms with Crippen molar-refractivity contribution in [2.75, 3.05) is 32.7 Å². The van der Waals surface area contributed by atoms with E-state index in [0.717, 1.165) is 17.4 Å². The smallest absolute Gasteiger partial charge is 0.335 e. The van der Waals surface area contributed by atoms with Crippen molar-refractivity contribution in [3.05, 3.63) is 53.6 Å². The lowest BCUT2D eigenvalue weighted by molar-refractivity contribution is 0.0696. The van der Waals surface area contributed by atoms with Crippen molar-refractivity contribution in [1.29, 1.82) is 0 Å². The topological polar surface area (TPSA) is 114 Å². The van der Waals surface area contributed by atoms with E-state index < -0.39 is 16.0 Å². The van der Waals surface area contributed by atoms with Gasteiger partial charge in [0.2, 0.25) is 10.0 Å². The zero-order valence-corrected chi connectivity index (χ0v) is 17.5. The van der Waals surface area contributed by atoms with E-state index in [2.05, 4.69) is 10.0 Å². The summed E-state index contributed by atoms with van der Waals surface area (Å²) in [5.74, 6) is -0.475. The van der Waals surface area contributed by atoms with Gasteiger partial charge in [0.1, 0.15) is 10.6 Å². The van der Waals surface area contributed by atoms with Crippen molar-refractivity contribution < 1.29 is 27.8 Å². The van der Waals surface area contributed by atoms with Crippen LogP contribution in [0.3, 0.4) is 0 Å². The first kappa shape index (κ1) is 22.7. The first-order valence-corrected chi connectivity index (χ1v) is 10.5. The Bertz CT molecular complexity index is 928. The van der Waals surface area contributed by atoms with Crippen molar-refractivity contribution in [2.24, 2.45) is 0 Å². The van der Waals surface area contributed by atoms with Gasteiger partial charge in [0.05, 0.1) is 25.0 Å². The van der Waals surface area contributed by atoms with Crippen LogP contribution in [-0.2, 0) is 21.2 Å². The highest BCUT2D eigenvalue weighted by molar-refractivity contribution is 7.89. The standard InChI is InChI=1S/C20H26N2O6S/c1-14(13-27-2)22-18-9-6-16(20(23)24)12-19(18)29(25,26)21-11-10-15-4-7-17(28-3)8-5-15/h4-9,12,14,21-22H,10-11,13H2,1-3H3,(H,23,24)/t14-/m0/s1. The Hall–Kier alpha value is -2.62. The monoisotopic (exact) mass is 422 g/mol.